The van der Waals surface area contributed by atoms with E-state index in [2.05, 4.69) is 57.9 Å². The zero-order valence-corrected chi connectivity index (χ0v) is 16.4. The Bertz CT molecular complexity index is 482. The second-order valence-corrected chi connectivity index (χ2v) is 7.51. The van der Waals surface area contributed by atoms with Gasteiger partial charge in [0.2, 0.25) is 0 Å². The fourth-order valence-electron chi connectivity index (χ4n) is 3.50. The van der Waals surface area contributed by atoms with Crippen molar-refractivity contribution in [2.75, 3.05) is 0 Å². The van der Waals surface area contributed by atoms with Gasteiger partial charge < -0.3 is 0 Å². The monoisotopic (exact) mass is 326 g/mol. The van der Waals surface area contributed by atoms with Crippen LogP contribution in [-0.4, -0.2) is 0 Å². The van der Waals surface area contributed by atoms with Gasteiger partial charge in [-0.25, -0.2) is 0 Å². The van der Waals surface area contributed by atoms with Gasteiger partial charge in [-0.1, -0.05) is 63.0 Å². The molecule has 24 heavy (non-hydrogen) atoms. The van der Waals surface area contributed by atoms with E-state index in [4.69, 9.17) is 0 Å². The van der Waals surface area contributed by atoms with Crippen LogP contribution in [0, 0.1) is 11.8 Å². The maximum absolute atomic E-state index is 4.33. The van der Waals surface area contributed by atoms with E-state index in [1.165, 1.54) is 55.2 Å². The van der Waals surface area contributed by atoms with Crippen molar-refractivity contribution in [3.8, 4) is 0 Å². The van der Waals surface area contributed by atoms with Gasteiger partial charge in [-0.15, -0.1) is 12.3 Å². The largest absolute Gasteiger partial charge is 0.125 e. The maximum Gasteiger partial charge on any atom is 0.00861 e. The number of rotatable bonds is 11. The summed E-state index contributed by atoms with van der Waals surface area (Å²) in [5, 5.41) is 0. The Morgan fingerprint density at radius 3 is 2.62 bits per heavy atom. The molecular weight excluding hydrogens is 288 g/mol. The first-order valence-corrected chi connectivity index (χ1v) is 9.98. The van der Waals surface area contributed by atoms with Gasteiger partial charge in [0.1, 0.15) is 0 Å². The summed E-state index contributed by atoms with van der Waals surface area (Å²) >= 11 is 0. The molecule has 0 heterocycles. The Kier molecular flexibility index (Phi) is 10.5. The third-order valence-corrected chi connectivity index (χ3v) is 4.96. The van der Waals surface area contributed by atoms with Crippen LogP contribution in [0.2, 0.25) is 0 Å². The molecule has 0 radical (unpaired) electrons. The van der Waals surface area contributed by atoms with Crippen molar-refractivity contribution in [1.29, 1.82) is 0 Å². The molecule has 0 aromatic rings. The van der Waals surface area contributed by atoms with Crippen LogP contribution in [0.4, 0.5) is 0 Å². The van der Waals surface area contributed by atoms with E-state index >= 15 is 0 Å². The molecule has 0 saturated heterocycles. The van der Waals surface area contributed by atoms with E-state index in [-0.39, 0.29) is 0 Å². The summed E-state index contributed by atoms with van der Waals surface area (Å²) < 4.78 is 0. The molecule has 1 saturated carbocycles. The van der Waals surface area contributed by atoms with E-state index in [0.717, 1.165) is 25.7 Å². The number of hydrogen-bond acceptors (Lipinski definition) is 0. The predicted octanol–water partition coefficient (Wildman–Crippen LogP) is 7.94. The Morgan fingerprint density at radius 1 is 1.17 bits per heavy atom. The van der Waals surface area contributed by atoms with Crippen LogP contribution < -0.4 is 0 Å². The van der Waals surface area contributed by atoms with Crippen molar-refractivity contribution < 1.29 is 0 Å². The van der Waals surface area contributed by atoms with Crippen molar-refractivity contribution in [2.45, 2.75) is 85.0 Å². The lowest BCUT2D eigenvalue weighted by molar-refractivity contribution is 0.653. The molecule has 0 aliphatic heterocycles. The van der Waals surface area contributed by atoms with E-state index in [1.54, 1.807) is 0 Å². The first-order valence-electron chi connectivity index (χ1n) is 9.98. The summed E-state index contributed by atoms with van der Waals surface area (Å²) in [5.74, 6) is 1.18. The fraction of sp³-hybridized carbons (Fsp3) is 0.625. The van der Waals surface area contributed by atoms with Gasteiger partial charge in [-0.2, -0.15) is 0 Å². The third-order valence-electron chi connectivity index (χ3n) is 4.96. The Balaban J connectivity index is 2.48. The molecule has 0 aromatic heterocycles. The Morgan fingerprint density at radius 2 is 1.92 bits per heavy atom. The summed E-state index contributed by atoms with van der Waals surface area (Å²) in [7, 11) is 0. The lowest BCUT2D eigenvalue weighted by atomic mass is 9.92. The van der Waals surface area contributed by atoms with Crippen molar-refractivity contribution in [1.82, 2.24) is 0 Å². The molecule has 0 N–H and O–H groups in total. The molecule has 2 atom stereocenters. The van der Waals surface area contributed by atoms with Crippen LogP contribution in [0.25, 0.3) is 0 Å². The molecule has 0 nitrogen and oxygen atoms in total. The van der Waals surface area contributed by atoms with Crippen molar-refractivity contribution in [3.05, 3.63) is 53.8 Å². The van der Waals surface area contributed by atoms with Crippen molar-refractivity contribution >= 4 is 0 Å². The third kappa shape index (κ3) is 8.02. The molecule has 1 aliphatic rings. The molecule has 0 spiro atoms. The number of unbranched alkanes of at least 4 members (excludes halogenated alkanes) is 4. The van der Waals surface area contributed by atoms with Crippen LogP contribution in [0.3, 0.4) is 0 Å². The average molecular weight is 327 g/mol. The van der Waals surface area contributed by atoms with Gasteiger partial charge in [0.15, 0.2) is 0 Å². The maximum atomic E-state index is 4.33. The quantitative estimate of drug-likeness (QED) is 0.205. The lowest BCUT2D eigenvalue weighted by Gasteiger charge is -2.12. The van der Waals surface area contributed by atoms with Crippen LogP contribution in [0.15, 0.2) is 53.8 Å². The zero-order chi connectivity index (χ0) is 17.8. The molecular formula is C24H38. The predicted molar refractivity (Wildman–Crippen MR) is 109 cm³/mol. The highest BCUT2D eigenvalue weighted by Crippen LogP contribution is 2.41. The smallest absolute Gasteiger partial charge is 0.00861 e. The molecule has 1 rings (SSSR count). The second kappa shape index (κ2) is 12.2. The minimum absolute atomic E-state index is 0.553. The van der Waals surface area contributed by atoms with Gasteiger partial charge in [0.25, 0.3) is 0 Å². The molecule has 0 bridgehead atoms. The molecule has 134 valence electrons. The Hall–Kier alpha value is -1.26. The molecule has 1 fully saturated rings. The van der Waals surface area contributed by atoms with Crippen LogP contribution in [0.1, 0.15) is 85.0 Å². The standard InChI is InChI=1S/C24H38/c1-6-7-8-9-10-14-17-23-21(4)19-22(5)24(23)18-15-12-11-13-16-20(2)3/h11-12,14,21,24H,2,5-10,13,15-16,18-19H2,1,3-4H3/b12-11-/t17?,21-,24+/m1/s1. The summed E-state index contributed by atoms with van der Waals surface area (Å²) in [5.41, 5.74) is 7.84. The van der Waals surface area contributed by atoms with E-state index < -0.39 is 0 Å². The molecule has 0 heteroatoms. The normalized spacial score (nSPS) is 20.6. The van der Waals surface area contributed by atoms with Crippen LogP contribution in [-0.2, 0) is 0 Å². The zero-order valence-electron chi connectivity index (χ0n) is 16.4. The molecule has 0 amide bonds. The van der Waals surface area contributed by atoms with Gasteiger partial charge in [-0.05, 0) is 69.4 Å². The molecule has 0 unspecified atom stereocenters. The highest BCUT2D eigenvalue weighted by molar-refractivity contribution is 5.29. The minimum atomic E-state index is 0.553. The first kappa shape index (κ1) is 20.8. The highest BCUT2D eigenvalue weighted by atomic mass is 14.3. The summed E-state index contributed by atoms with van der Waals surface area (Å²) in [6.45, 7) is 15.0. The minimum Gasteiger partial charge on any atom is -0.125 e. The van der Waals surface area contributed by atoms with Crippen molar-refractivity contribution in [2.24, 2.45) is 11.8 Å². The Labute approximate surface area is 151 Å². The van der Waals surface area contributed by atoms with Crippen molar-refractivity contribution in [3.63, 3.8) is 0 Å². The molecule has 0 aromatic carbocycles. The summed E-state index contributed by atoms with van der Waals surface area (Å²) in [6.07, 6.45) is 19.2. The lowest BCUT2D eigenvalue weighted by Crippen LogP contribution is -2.00. The van der Waals surface area contributed by atoms with Gasteiger partial charge in [0.05, 0.1) is 0 Å². The van der Waals surface area contributed by atoms with E-state index in [1.807, 2.05) is 0 Å². The first-order chi connectivity index (χ1) is 11.6. The topological polar surface area (TPSA) is 0 Å². The summed E-state index contributed by atoms with van der Waals surface area (Å²) in [4.78, 5) is 0. The fourth-order valence-corrected chi connectivity index (χ4v) is 3.50. The average Bonchev–Trinajstić information content (AvgIpc) is 2.80. The highest BCUT2D eigenvalue weighted by Gasteiger charge is 2.29. The van der Waals surface area contributed by atoms with E-state index in [0.29, 0.717) is 11.8 Å². The van der Waals surface area contributed by atoms with Crippen LogP contribution in [0.5, 0.6) is 0 Å². The summed E-state index contributed by atoms with van der Waals surface area (Å²) in [6, 6.07) is 0. The van der Waals surface area contributed by atoms with Crippen LogP contribution >= 0.6 is 0 Å². The van der Waals surface area contributed by atoms with E-state index in [9.17, 15) is 0 Å². The SMILES string of the molecule is C=C(C)CC/C=C\CC[C@H]1C(=C)C[C@@H](C)C1=C=CCCCCCC. The molecule has 1 aliphatic carbocycles. The second-order valence-electron chi connectivity index (χ2n) is 7.51. The van der Waals surface area contributed by atoms with Gasteiger partial charge in [0, 0.05) is 5.92 Å². The number of hydrogen-bond donors (Lipinski definition) is 0. The van der Waals surface area contributed by atoms with Gasteiger partial charge >= 0.3 is 0 Å². The number of allylic oxidation sites excluding steroid dienone is 5. The van der Waals surface area contributed by atoms with Gasteiger partial charge in [-0.3, -0.25) is 0 Å².